The van der Waals surface area contributed by atoms with E-state index in [2.05, 4.69) is 10.2 Å². The lowest BCUT2D eigenvalue weighted by molar-refractivity contribution is 0.800. The molecule has 0 spiro atoms. The molecule has 0 saturated carbocycles. The Morgan fingerprint density at radius 3 is 3.11 bits per heavy atom. The molecule has 3 aromatic rings. The lowest BCUT2D eigenvalue weighted by Gasteiger charge is -2.01. The normalized spacial score (nSPS) is 14.6. The number of hydrogen-bond donors (Lipinski definition) is 1. The van der Waals surface area contributed by atoms with Gasteiger partial charge in [0.25, 0.3) is 0 Å². The summed E-state index contributed by atoms with van der Waals surface area (Å²) in [6.07, 6.45) is 3.00. The maximum absolute atomic E-state index is 12.7. The largest absolute Gasteiger partial charge is 0.305 e. The van der Waals surface area contributed by atoms with Crippen LogP contribution in [0.5, 0.6) is 0 Å². The number of H-pyrrole nitrogens is 1. The van der Waals surface area contributed by atoms with Gasteiger partial charge in [-0.2, -0.15) is 0 Å². The molecule has 0 amide bonds. The predicted molar refractivity (Wildman–Crippen MR) is 77.7 cm³/mol. The number of nitrogens with zero attached hydrogens (tertiary/aromatic N) is 3. The van der Waals surface area contributed by atoms with E-state index in [0.29, 0.717) is 11.3 Å². The Hall–Kier alpha value is -1.47. The molecule has 5 nitrogen and oxygen atoms in total. The van der Waals surface area contributed by atoms with E-state index in [-0.39, 0.29) is 5.43 Å². The van der Waals surface area contributed by atoms with E-state index in [1.165, 1.54) is 4.88 Å². The summed E-state index contributed by atoms with van der Waals surface area (Å²) in [5.41, 5.74) is 1.93. The molecule has 1 aliphatic rings. The second-order valence-corrected chi connectivity index (χ2v) is 6.22. The van der Waals surface area contributed by atoms with Gasteiger partial charge in [0.05, 0.1) is 0 Å². The van der Waals surface area contributed by atoms with Gasteiger partial charge in [0, 0.05) is 17.0 Å². The Morgan fingerprint density at radius 1 is 1.47 bits per heavy atom. The summed E-state index contributed by atoms with van der Waals surface area (Å²) in [5, 5.41) is 7.06. The van der Waals surface area contributed by atoms with Crippen LogP contribution in [-0.4, -0.2) is 19.2 Å². The molecule has 3 aromatic heterocycles. The average molecular weight is 292 g/mol. The second kappa shape index (κ2) is 3.77. The smallest absolute Gasteiger partial charge is 0.235 e. The highest BCUT2D eigenvalue weighted by Gasteiger charge is 2.23. The fraction of sp³-hybridized carbons (Fsp3) is 0.417. The van der Waals surface area contributed by atoms with Crippen molar-refractivity contribution < 1.29 is 0 Å². The number of aromatic amines is 1. The van der Waals surface area contributed by atoms with Crippen LogP contribution in [0.25, 0.3) is 16.1 Å². The molecule has 0 saturated heterocycles. The van der Waals surface area contributed by atoms with Crippen molar-refractivity contribution in [2.24, 2.45) is 0 Å². The zero-order valence-electron chi connectivity index (χ0n) is 10.4. The predicted octanol–water partition coefficient (Wildman–Crippen LogP) is 2.28. The van der Waals surface area contributed by atoms with Crippen LogP contribution in [0.4, 0.5) is 0 Å². The van der Waals surface area contributed by atoms with Crippen LogP contribution in [0.2, 0.25) is 0 Å². The topological polar surface area (TPSA) is 55.1 Å². The fourth-order valence-electron chi connectivity index (χ4n) is 2.92. The maximum atomic E-state index is 12.7. The zero-order chi connectivity index (χ0) is 13.1. The molecule has 0 atom stereocenters. The van der Waals surface area contributed by atoms with E-state index < -0.39 is 0 Å². The number of fused-ring (bicyclic) bond motifs is 4. The molecule has 0 bridgehead atoms. The van der Waals surface area contributed by atoms with Crippen molar-refractivity contribution in [3.05, 3.63) is 25.4 Å². The standard InChI is InChI=1S/C12H12N4OS2/c1-2-15-8-9(17)6-4-3-5-7(6)19-10(8)16-11(15)13-14-12(16)18/h2-5H2,1H3,(H,14,18). The Bertz CT molecular complexity index is 927. The van der Waals surface area contributed by atoms with Crippen LogP contribution >= 0.6 is 23.6 Å². The van der Waals surface area contributed by atoms with E-state index >= 15 is 0 Å². The highest BCUT2D eigenvalue weighted by molar-refractivity contribution is 7.71. The SMILES string of the molecule is CCn1c2c(=O)c3c(sc2n2c(=S)[nH]nc12)CCC3. The monoisotopic (exact) mass is 292 g/mol. The van der Waals surface area contributed by atoms with E-state index in [9.17, 15) is 4.79 Å². The van der Waals surface area contributed by atoms with Crippen molar-refractivity contribution >= 4 is 39.7 Å². The van der Waals surface area contributed by atoms with Crippen LogP contribution in [0.3, 0.4) is 0 Å². The molecule has 0 aliphatic heterocycles. The van der Waals surface area contributed by atoms with Gasteiger partial charge in [-0.1, -0.05) is 0 Å². The molecule has 19 heavy (non-hydrogen) atoms. The molecule has 0 unspecified atom stereocenters. The minimum atomic E-state index is 0.169. The molecule has 4 rings (SSSR count). The van der Waals surface area contributed by atoms with Crippen molar-refractivity contribution in [1.29, 1.82) is 0 Å². The van der Waals surface area contributed by atoms with Crippen molar-refractivity contribution in [2.75, 3.05) is 0 Å². The maximum Gasteiger partial charge on any atom is 0.235 e. The first kappa shape index (κ1) is 11.4. The summed E-state index contributed by atoms with van der Waals surface area (Å²) in [6.45, 7) is 2.74. The van der Waals surface area contributed by atoms with Gasteiger partial charge in [0.2, 0.25) is 16.0 Å². The molecule has 1 aliphatic carbocycles. The number of hydrogen-bond acceptors (Lipinski definition) is 4. The molecule has 0 aromatic carbocycles. The zero-order valence-corrected chi connectivity index (χ0v) is 12.0. The summed E-state index contributed by atoms with van der Waals surface area (Å²) >= 11 is 6.97. The van der Waals surface area contributed by atoms with Crippen molar-refractivity contribution in [3.63, 3.8) is 0 Å². The van der Waals surface area contributed by atoms with Crippen molar-refractivity contribution in [2.45, 2.75) is 32.7 Å². The van der Waals surface area contributed by atoms with Gasteiger partial charge in [0.1, 0.15) is 10.3 Å². The minimum Gasteiger partial charge on any atom is -0.305 e. The summed E-state index contributed by atoms with van der Waals surface area (Å²) in [4.78, 5) is 14.8. The molecule has 0 radical (unpaired) electrons. The summed E-state index contributed by atoms with van der Waals surface area (Å²) in [5.74, 6) is 0.736. The van der Waals surface area contributed by atoms with E-state index in [0.717, 1.165) is 41.0 Å². The van der Waals surface area contributed by atoms with Gasteiger partial charge in [-0.25, -0.2) is 9.50 Å². The van der Waals surface area contributed by atoms with E-state index in [4.69, 9.17) is 12.2 Å². The van der Waals surface area contributed by atoms with Gasteiger partial charge >= 0.3 is 0 Å². The summed E-state index contributed by atoms with van der Waals surface area (Å²) in [6, 6.07) is 0. The van der Waals surface area contributed by atoms with Crippen LogP contribution in [0.1, 0.15) is 23.8 Å². The fourth-order valence-corrected chi connectivity index (χ4v) is 4.55. The number of imidazole rings is 1. The molecule has 0 fully saturated rings. The van der Waals surface area contributed by atoms with E-state index in [1.54, 1.807) is 11.3 Å². The van der Waals surface area contributed by atoms with Gasteiger partial charge in [0.15, 0.2) is 0 Å². The first-order valence-corrected chi connectivity index (χ1v) is 7.59. The molecular weight excluding hydrogens is 280 g/mol. The van der Waals surface area contributed by atoms with E-state index in [1.807, 2.05) is 15.9 Å². The molecular formula is C12H12N4OS2. The van der Waals surface area contributed by atoms with Crippen molar-refractivity contribution in [1.82, 2.24) is 19.2 Å². The Balaban J connectivity index is 2.35. The van der Waals surface area contributed by atoms with Crippen molar-refractivity contribution in [3.8, 4) is 0 Å². The van der Waals surface area contributed by atoms with Crippen LogP contribution in [0, 0.1) is 4.77 Å². The second-order valence-electron chi connectivity index (χ2n) is 4.75. The Labute approximate surface area is 117 Å². The third kappa shape index (κ3) is 1.31. The molecule has 7 heteroatoms. The quantitative estimate of drug-likeness (QED) is 0.700. The highest BCUT2D eigenvalue weighted by atomic mass is 32.1. The molecule has 3 heterocycles. The summed E-state index contributed by atoms with van der Waals surface area (Å²) in [7, 11) is 0. The first-order chi connectivity index (χ1) is 9.22. The lowest BCUT2D eigenvalue weighted by Crippen LogP contribution is -2.11. The van der Waals surface area contributed by atoms with Gasteiger partial charge in [-0.3, -0.25) is 4.79 Å². The van der Waals surface area contributed by atoms with Crippen LogP contribution in [-0.2, 0) is 19.4 Å². The first-order valence-electron chi connectivity index (χ1n) is 6.36. The lowest BCUT2D eigenvalue weighted by atomic mass is 10.2. The minimum absolute atomic E-state index is 0.169. The Morgan fingerprint density at radius 2 is 2.32 bits per heavy atom. The highest BCUT2D eigenvalue weighted by Crippen LogP contribution is 2.30. The number of aromatic nitrogens is 4. The van der Waals surface area contributed by atoms with Gasteiger partial charge in [-0.05, 0) is 38.4 Å². The molecule has 1 N–H and O–H groups in total. The van der Waals surface area contributed by atoms with Gasteiger partial charge < -0.3 is 4.57 Å². The van der Waals surface area contributed by atoms with Crippen LogP contribution < -0.4 is 5.43 Å². The number of rotatable bonds is 1. The number of aryl methyl sites for hydroxylation is 2. The third-order valence-electron chi connectivity index (χ3n) is 3.76. The van der Waals surface area contributed by atoms with Gasteiger partial charge in [-0.15, -0.1) is 16.4 Å². The third-order valence-corrected chi connectivity index (χ3v) is 5.30. The summed E-state index contributed by atoms with van der Waals surface area (Å²) < 4.78 is 4.40. The average Bonchev–Trinajstić information content (AvgIpc) is 3.06. The molecule has 98 valence electrons. The number of nitrogens with one attached hydrogen (secondary N) is 1. The van der Waals surface area contributed by atoms with Crippen LogP contribution in [0.15, 0.2) is 4.79 Å². The Kier molecular flexibility index (Phi) is 2.25.